The molecular formula is C12H17N5. The molecule has 90 valence electrons. The van der Waals surface area contributed by atoms with E-state index in [1.807, 2.05) is 30.3 Å². The van der Waals surface area contributed by atoms with Crippen molar-refractivity contribution in [3.8, 4) is 0 Å². The summed E-state index contributed by atoms with van der Waals surface area (Å²) < 4.78 is 0. The minimum absolute atomic E-state index is 0.145. The monoisotopic (exact) mass is 231 g/mol. The molecule has 0 atom stereocenters. The Morgan fingerprint density at radius 1 is 1.41 bits per heavy atom. The van der Waals surface area contributed by atoms with Crippen molar-refractivity contribution in [3.05, 3.63) is 48.6 Å². The molecule has 0 heterocycles. The fourth-order valence-corrected chi connectivity index (χ4v) is 1.20. The van der Waals surface area contributed by atoms with Crippen LogP contribution in [0, 0.1) is 5.41 Å². The van der Waals surface area contributed by atoms with Crippen LogP contribution in [0.3, 0.4) is 0 Å². The molecule has 5 nitrogen and oxygen atoms in total. The van der Waals surface area contributed by atoms with Crippen LogP contribution >= 0.6 is 0 Å². The number of hydrogen-bond acceptors (Lipinski definition) is 2. The number of nitrogens with two attached hydrogens (primary N) is 1. The molecule has 0 radical (unpaired) electrons. The minimum Gasteiger partial charge on any atom is -0.370 e. The Morgan fingerprint density at radius 3 is 2.71 bits per heavy atom. The van der Waals surface area contributed by atoms with E-state index >= 15 is 0 Å². The zero-order valence-electron chi connectivity index (χ0n) is 9.61. The number of hydrogen-bond donors (Lipinski definition) is 4. The van der Waals surface area contributed by atoms with Crippen LogP contribution in [0.2, 0.25) is 0 Å². The molecule has 0 saturated heterocycles. The van der Waals surface area contributed by atoms with Gasteiger partial charge in [0.2, 0.25) is 0 Å². The topological polar surface area (TPSA) is 86.3 Å². The van der Waals surface area contributed by atoms with Gasteiger partial charge in [-0.05, 0) is 5.56 Å². The first-order chi connectivity index (χ1) is 8.22. The Labute approximate surface area is 101 Å². The first-order valence-corrected chi connectivity index (χ1v) is 5.26. The first kappa shape index (κ1) is 12.8. The molecule has 0 aliphatic carbocycles. The molecule has 0 fully saturated rings. The van der Waals surface area contributed by atoms with E-state index in [2.05, 4.69) is 22.2 Å². The number of aliphatic imine (C=N–C) groups is 1. The Balaban J connectivity index is 2.54. The van der Waals surface area contributed by atoms with Gasteiger partial charge in [-0.15, -0.1) is 6.58 Å². The number of rotatable bonds is 4. The first-order valence-electron chi connectivity index (χ1n) is 5.26. The maximum absolute atomic E-state index is 7.16. The van der Waals surface area contributed by atoms with Crippen LogP contribution < -0.4 is 16.4 Å². The van der Waals surface area contributed by atoms with E-state index in [4.69, 9.17) is 11.1 Å². The van der Waals surface area contributed by atoms with Gasteiger partial charge in [0.05, 0.1) is 6.54 Å². The second-order valence-electron chi connectivity index (χ2n) is 3.36. The highest BCUT2D eigenvalue weighted by atomic mass is 15.2. The van der Waals surface area contributed by atoms with Crippen molar-refractivity contribution in [1.29, 1.82) is 5.41 Å². The van der Waals surface area contributed by atoms with Crippen LogP contribution in [0.5, 0.6) is 0 Å². The van der Waals surface area contributed by atoms with Crippen molar-refractivity contribution >= 4 is 11.9 Å². The lowest BCUT2D eigenvalue weighted by molar-refractivity contribution is 0.877. The molecule has 0 bridgehead atoms. The Bertz CT molecular complexity index is 397. The molecule has 5 N–H and O–H groups in total. The third kappa shape index (κ3) is 5.36. The van der Waals surface area contributed by atoms with Crippen molar-refractivity contribution in [3.63, 3.8) is 0 Å². The van der Waals surface area contributed by atoms with Crippen LogP contribution in [0.25, 0.3) is 0 Å². The van der Waals surface area contributed by atoms with E-state index in [-0.39, 0.29) is 5.96 Å². The van der Waals surface area contributed by atoms with Crippen molar-refractivity contribution in [2.45, 2.75) is 6.54 Å². The molecule has 0 saturated carbocycles. The highest BCUT2D eigenvalue weighted by molar-refractivity contribution is 5.96. The number of nitrogens with one attached hydrogen (secondary N) is 3. The summed E-state index contributed by atoms with van der Waals surface area (Å²) in [6, 6.07) is 9.91. The summed E-state index contributed by atoms with van der Waals surface area (Å²) in [6.45, 7) is 4.67. The van der Waals surface area contributed by atoms with Crippen LogP contribution in [-0.4, -0.2) is 18.5 Å². The molecular weight excluding hydrogens is 214 g/mol. The van der Waals surface area contributed by atoms with Gasteiger partial charge in [-0.1, -0.05) is 36.4 Å². The standard InChI is InChI=1S/C12H17N5/c1-2-8-15-12(17-11(13)14)16-9-10-6-4-3-5-7-10/h2-7H,1,8-9H2,(H5,13,14,15,16,17). The number of nitrogens with zero attached hydrogens (tertiary/aromatic N) is 1. The van der Waals surface area contributed by atoms with E-state index in [0.717, 1.165) is 5.56 Å². The number of guanidine groups is 2. The lowest BCUT2D eigenvalue weighted by Gasteiger charge is -2.10. The van der Waals surface area contributed by atoms with Gasteiger partial charge in [0.25, 0.3) is 0 Å². The van der Waals surface area contributed by atoms with Gasteiger partial charge in [-0.3, -0.25) is 10.7 Å². The molecule has 0 amide bonds. The van der Waals surface area contributed by atoms with Gasteiger partial charge in [-0.25, -0.2) is 4.99 Å². The molecule has 0 aliphatic rings. The molecule has 17 heavy (non-hydrogen) atoms. The lowest BCUT2D eigenvalue weighted by Crippen LogP contribution is -2.43. The van der Waals surface area contributed by atoms with Crippen molar-refractivity contribution in [2.75, 3.05) is 6.54 Å². The number of benzene rings is 1. The predicted octanol–water partition coefficient (Wildman–Crippen LogP) is 0.801. The third-order valence-corrected chi connectivity index (χ3v) is 1.93. The maximum atomic E-state index is 7.16. The lowest BCUT2D eigenvalue weighted by atomic mass is 10.2. The summed E-state index contributed by atoms with van der Waals surface area (Å²) in [5.41, 5.74) is 6.39. The molecule has 1 aromatic carbocycles. The fourth-order valence-electron chi connectivity index (χ4n) is 1.20. The van der Waals surface area contributed by atoms with Crippen LogP contribution in [0.4, 0.5) is 0 Å². The summed E-state index contributed by atoms with van der Waals surface area (Å²) in [7, 11) is 0. The molecule has 1 rings (SSSR count). The zero-order chi connectivity index (χ0) is 12.5. The second-order valence-corrected chi connectivity index (χ2v) is 3.36. The molecule has 0 aliphatic heterocycles. The quantitative estimate of drug-likeness (QED) is 0.351. The van der Waals surface area contributed by atoms with E-state index < -0.39 is 0 Å². The van der Waals surface area contributed by atoms with Crippen molar-refractivity contribution in [2.24, 2.45) is 10.7 Å². The van der Waals surface area contributed by atoms with E-state index in [9.17, 15) is 0 Å². The van der Waals surface area contributed by atoms with E-state index in [0.29, 0.717) is 19.0 Å². The predicted molar refractivity (Wildman–Crippen MR) is 70.8 cm³/mol. The summed E-state index contributed by atoms with van der Waals surface area (Å²) in [5, 5.41) is 12.9. The van der Waals surface area contributed by atoms with Crippen molar-refractivity contribution < 1.29 is 0 Å². The molecule has 0 aromatic heterocycles. The molecule has 0 unspecified atom stereocenters. The minimum atomic E-state index is -0.145. The maximum Gasteiger partial charge on any atom is 0.198 e. The van der Waals surface area contributed by atoms with Gasteiger partial charge in [0.15, 0.2) is 11.9 Å². The van der Waals surface area contributed by atoms with Gasteiger partial charge in [0, 0.05) is 6.54 Å². The summed E-state index contributed by atoms with van der Waals surface area (Å²) in [5.74, 6) is 0.328. The third-order valence-electron chi connectivity index (χ3n) is 1.93. The summed E-state index contributed by atoms with van der Waals surface area (Å²) in [6.07, 6.45) is 1.67. The highest BCUT2D eigenvalue weighted by Crippen LogP contribution is 1.96. The van der Waals surface area contributed by atoms with Crippen LogP contribution in [0.1, 0.15) is 5.56 Å². The highest BCUT2D eigenvalue weighted by Gasteiger charge is 1.98. The van der Waals surface area contributed by atoms with E-state index in [1.165, 1.54) is 0 Å². The smallest absolute Gasteiger partial charge is 0.198 e. The second kappa shape index (κ2) is 7.05. The van der Waals surface area contributed by atoms with Crippen molar-refractivity contribution in [1.82, 2.24) is 10.6 Å². The average molecular weight is 231 g/mol. The molecule has 5 heteroatoms. The van der Waals surface area contributed by atoms with Crippen LogP contribution in [-0.2, 0) is 6.54 Å². The van der Waals surface area contributed by atoms with Gasteiger partial charge < -0.3 is 11.1 Å². The summed E-state index contributed by atoms with van der Waals surface area (Å²) in [4.78, 5) is 4.15. The summed E-state index contributed by atoms with van der Waals surface area (Å²) >= 11 is 0. The zero-order valence-corrected chi connectivity index (χ0v) is 9.61. The van der Waals surface area contributed by atoms with Gasteiger partial charge in [-0.2, -0.15) is 0 Å². The fraction of sp³-hybridized carbons (Fsp3) is 0.167. The Hall–Kier alpha value is -2.30. The largest absolute Gasteiger partial charge is 0.370 e. The van der Waals surface area contributed by atoms with E-state index in [1.54, 1.807) is 6.08 Å². The SMILES string of the molecule is C=CCN=C(NCc1ccccc1)NC(=N)N. The van der Waals surface area contributed by atoms with Gasteiger partial charge >= 0.3 is 0 Å². The molecule has 1 aromatic rings. The Morgan fingerprint density at radius 2 is 2.12 bits per heavy atom. The van der Waals surface area contributed by atoms with Gasteiger partial charge in [0.1, 0.15) is 0 Å². The normalized spacial score (nSPS) is 10.7. The average Bonchev–Trinajstić information content (AvgIpc) is 2.33. The Kier molecular flexibility index (Phi) is 5.30. The van der Waals surface area contributed by atoms with Crippen LogP contribution in [0.15, 0.2) is 48.0 Å². The molecule has 0 spiro atoms.